The molecule has 2 nitrogen and oxygen atoms in total. The van der Waals surface area contributed by atoms with E-state index in [1.807, 2.05) is 6.07 Å². The molecule has 0 radical (unpaired) electrons. The first kappa shape index (κ1) is 9.71. The molecular formula is C11H8F2N2. The first-order chi connectivity index (χ1) is 7.27. The van der Waals surface area contributed by atoms with Gasteiger partial charge in [-0.15, -0.1) is 0 Å². The minimum Gasteiger partial charge on any atom is -0.256 e. The van der Waals surface area contributed by atoms with Crippen LogP contribution >= 0.6 is 0 Å². The first-order valence-electron chi connectivity index (χ1n) is 4.43. The highest BCUT2D eigenvalue weighted by Gasteiger charge is 2.09. The Morgan fingerprint density at radius 3 is 2.53 bits per heavy atom. The van der Waals surface area contributed by atoms with E-state index >= 15 is 0 Å². The van der Waals surface area contributed by atoms with Crippen molar-refractivity contribution in [1.82, 2.24) is 9.97 Å². The molecule has 76 valence electrons. The number of hydrogen-bond donors (Lipinski definition) is 0. The van der Waals surface area contributed by atoms with Crippen molar-refractivity contribution in [1.29, 1.82) is 0 Å². The Kier molecular flexibility index (Phi) is 2.67. The average Bonchev–Trinajstić information content (AvgIpc) is 2.30. The van der Waals surface area contributed by atoms with E-state index in [4.69, 9.17) is 0 Å². The second kappa shape index (κ2) is 4.13. The van der Waals surface area contributed by atoms with Gasteiger partial charge in [0.25, 0.3) is 6.43 Å². The van der Waals surface area contributed by atoms with E-state index in [0.717, 1.165) is 0 Å². The van der Waals surface area contributed by atoms with Crippen molar-refractivity contribution in [3.8, 4) is 11.3 Å². The molecule has 0 aliphatic heterocycles. The Balaban J connectivity index is 2.42. The first-order valence-corrected chi connectivity index (χ1v) is 4.43. The second-order valence-corrected chi connectivity index (χ2v) is 2.99. The zero-order valence-corrected chi connectivity index (χ0v) is 7.77. The molecule has 0 bridgehead atoms. The molecule has 2 rings (SSSR count). The van der Waals surface area contributed by atoms with E-state index in [1.54, 1.807) is 24.4 Å². The number of hydrogen-bond acceptors (Lipinski definition) is 2. The molecule has 15 heavy (non-hydrogen) atoms. The summed E-state index contributed by atoms with van der Waals surface area (Å²) in [7, 11) is 0. The summed E-state index contributed by atoms with van der Waals surface area (Å²) < 4.78 is 24.8. The number of rotatable bonds is 2. The van der Waals surface area contributed by atoms with Crippen LogP contribution in [0.2, 0.25) is 0 Å². The van der Waals surface area contributed by atoms with Crippen molar-refractivity contribution in [2.45, 2.75) is 6.43 Å². The average molecular weight is 206 g/mol. The molecule has 0 aromatic carbocycles. The third kappa shape index (κ3) is 2.15. The van der Waals surface area contributed by atoms with Crippen molar-refractivity contribution in [2.75, 3.05) is 0 Å². The maximum absolute atomic E-state index is 12.4. The molecule has 0 atom stereocenters. The topological polar surface area (TPSA) is 25.8 Å². The van der Waals surface area contributed by atoms with Crippen molar-refractivity contribution in [3.63, 3.8) is 0 Å². The van der Waals surface area contributed by atoms with Gasteiger partial charge in [0.15, 0.2) is 0 Å². The lowest BCUT2D eigenvalue weighted by molar-refractivity contribution is 0.146. The molecule has 0 spiro atoms. The van der Waals surface area contributed by atoms with Crippen LogP contribution in [0.1, 0.15) is 12.1 Å². The van der Waals surface area contributed by atoms with E-state index in [0.29, 0.717) is 11.3 Å². The molecule has 2 heterocycles. The normalized spacial score (nSPS) is 10.6. The third-order valence-corrected chi connectivity index (χ3v) is 1.97. The number of aromatic nitrogens is 2. The highest BCUT2D eigenvalue weighted by Crippen LogP contribution is 2.22. The zero-order chi connectivity index (χ0) is 10.7. The number of nitrogens with zero attached hydrogens (tertiary/aromatic N) is 2. The summed E-state index contributed by atoms with van der Waals surface area (Å²) in [6.07, 6.45) is 0.442. The van der Waals surface area contributed by atoms with E-state index in [9.17, 15) is 8.78 Å². The second-order valence-electron chi connectivity index (χ2n) is 2.99. The number of halogens is 2. The third-order valence-electron chi connectivity index (χ3n) is 1.97. The lowest BCUT2D eigenvalue weighted by Crippen LogP contribution is -1.91. The molecule has 0 fully saturated rings. The van der Waals surface area contributed by atoms with Crippen LogP contribution in [-0.4, -0.2) is 9.97 Å². The number of pyridine rings is 2. The van der Waals surface area contributed by atoms with Crippen LogP contribution in [0.5, 0.6) is 0 Å². The molecule has 0 aliphatic rings. The van der Waals surface area contributed by atoms with Gasteiger partial charge in [-0.25, -0.2) is 8.78 Å². The molecule has 0 aliphatic carbocycles. The minimum absolute atomic E-state index is 0.224. The monoisotopic (exact) mass is 206 g/mol. The fraction of sp³-hybridized carbons (Fsp3) is 0.0909. The summed E-state index contributed by atoms with van der Waals surface area (Å²) in [5.41, 5.74) is 1.10. The van der Waals surface area contributed by atoms with Gasteiger partial charge in [0, 0.05) is 18.0 Å². The molecule has 0 saturated heterocycles. The minimum atomic E-state index is -2.55. The molecule has 0 amide bonds. The van der Waals surface area contributed by atoms with Gasteiger partial charge in [-0.3, -0.25) is 9.97 Å². The lowest BCUT2D eigenvalue weighted by atomic mass is 10.1. The molecule has 0 saturated carbocycles. The van der Waals surface area contributed by atoms with E-state index in [1.165, 1.54) is 12.3 Å². The van der Waals surface area contributed by atoms with E-state index < -0.39 is 6.43 Å². The molecule has 0 N–H and O–H groups in total. The lowest BCUT2D eigenvalue weighted by Gasteiger charge is -2.02. The molecular weight excluding hydrogens is 198 g/mol. The van der Waals surface area contributed by atoms with Gasteiger partial charge in [-0.05, 0) is 24.3 Å². The van der Waals surface area contributed by atoms with E-state index in [-0.39, 0.29) is 5.69 Å². The molecule has 4 heteroatoms. The van der Waals surface area contributed by atoms with Crippen LogP contribution in [0.4, 0.5) is 8.78 Å². The van der Waals surface area contributed by atoms with Gasteiger partial charge in [-0.2, -0.15) is 0 Å². The zero-order valence-electron chi connectivity index (χ0n) is 7.77. The van der Waals surface area contributed by atoms with Crippen molar-refractivity contribution < 1.29 is 8.78 Å². The van der Waals surface area contributed by atoms with Gasteiger partial charge < -0.3 is 0 Å². The van der Waals surface area contributed by atoms with Crippen LogP contribution in [0.3, 0.4) is 0 Å². The smallest absolute Gasteiger partial charge is 0.256 e. The van der Waals surface area contributed by atoms with Crippen molar-refractivity contribution >= 4 is 0 Å². The standard InChI is InChI=1S/C11H8F2N2/c12-11(13)10-7-8(4-6-15-10)9-3-1-2-5-14-9/h1-7,11H. The number of alkyl halides is 2. The van der Waals surface area contributed by atoms with Crippen LogP contribution in [0.25, 0.3) is 11.3 Å². The van der Waals surface area contributed by atoms with Gasteiger partial charge in [0.2, 0.25) is 0 Å². The maximum Gasteiger partial charge on any atom is 0.280 e. The molecule has 2 aromatic heterocycles. The fourth-order valence-electron chi connectivity index (χ4n) is 1.26. The Hall–Kier alpha value is -1.84. The Bertz CT molecular complexity index is 443. The predicted octanol–water partition coefficient (Wildman–Crippen LogP) is 3.08. The SMILES string of the molecule is FC(F)c1cc(-c2ccccn2)ccn1. The quantitative estimate of drug-likeness (QED) is 0.754. The van der Waals surface area contributed by atoms with Gasteiger partial charge >= 0.3 is 0 Å². The van der Waals surface area contributed by atoms with Crippen LogP contribution < -0.4 is 0 Å². The Morgan fingerprint density at radius 2 is 1.87 bits per heavy atom. The predicted molar refractivity (Wildman–Crippen MR) is 52.4 cm³/mol. The molecule has 2 aromatic rings. The Morgan fingerprint density at radius 1 is 1.00 bits per heavy atom. The van der Waals surface area contributed by atoms with Gasteiger partial charge in [0.1, 0.15) is 5.69 Å². The summed E-state index contributed by atoms with van der Waals surface area (Å²) in [4.78, 5) is 7.66. The molecule has 0 unspecified atom stereocenters. The highest BCUT2D eigenvalue weighted by atomic mass is 19.3. The van der Waals surface area contributed by atoms with Crippen LogP contribution in [-0.2, 0) is 0 Å². The maximum atomic E-state index is 12.4. The highest BCUT2D eigenvalue weighted by molar-refractivity contribution is 5.58. The van der Waals surface area contributed by atoms with Crippen molar-refractivity contribution in [3.05, 3.63) is 48.4 Å². The summed E-state index contributed by atoms with van der Waals surface area (Å²) in [5, 5.41) is 0. The van der Waals surface area contributed by atoms with Crippen molar-refractivity contribution in [2.24, 2.45) is 0 Å². The summed E-state index contributed by atoms with van der Waals surface area (Å²) >= 11 is 0. The van der Waals surface area contributed by atoms with Gasteiger partial charge in [-0.1, -0.05) is 6.07 Å². The summed E-state index contributed by atoms with van der Waals surface area (Å²) in [6.45, 7) is 0. The summed E-state index contributed by atoms with van der Waals surface area (Å²) in [5.74, 6) is 0. The van der Waals surface area contributed by atoms with Crippen LogP contribution in [0.15, 0.2) is 42.7 Å². The van der Waals surface area contributed by atoms with Gasteiger partial charge in [0.05, 0.1) is 5.69 Å². The van der Waals surface area contributed by atoms with Crippen LogP contribution in [0, 0.1) is 0 Å². The summed E-state index contributed by atoms with van der Waals surface area (Å²) in [6, 6.07) is 8.37. The largest absolute Gasteiger partial charge is 0.280 e. The fourth-order valence-corrected chi connectivity index (χ4v) is 1.26. The van der Waals surface area contributed by atoms with E-state index in [2.05, 4.69) is 9.97 Å². The Labute approximate surface area is 85.6 Å².